The van der Waals surface area contributed by atoms with Crippen molar-refractivity contribution in [3.63, 3.8) is 0 Å². The van der Waals surface area contributed by atoms with Crippen LogP contribution in [0.1, 0.15) is 22.8 Å². The molecular weight excluding hydrogens is 229 g/mol. The minimum Gasteiger partial charge on any atom is -0.465 e. The van der Waals surface area contributed by atoms with Crippen molar-refractivity contribution in [1.29, 1.82) is 0 Å². The predicted octanol–water partition coefficient (Wildman–Crippen LogP) is 2.55. The Kier molecular flexibility index (Phi) is 3.92. The van der Waals surface area contributed by atoms with Gasteiger partial charge in [0.15, 0.2) is 0 Å². The van der Waals surface area contributed by atoms with Crippen molar-refractivity contribution in [2.45, 2.75) is 6.92 Å². The smallest absolute Gasteiger partial charge is 0.341 e. The number of nitro groups is 1. The number of allylic oxidation sites excluding steroid dienone is 1. The molecule has 0 atom stereocenters. The Morgan fingerprint density at radius 3 is 2.65 bits per heavy atom. The third-order valence-electron chi connectivity index (χ3n) is 2.06. The zero-order chi connectivity index (χ0) is 13.0. The van der Waals surface area contributed by atoms with Gasteiger partial charge in [-0.15, -0.1) is 0 Å². The number of hydrogen-bond donors (Lipinski definition) is 0. The van der Waals surface area contributed by atoms with E-state index in [9.17, 15) is 19.3 Å². The fourth-order valence-electron chi connectivity index (χ4n) is 1.31. The maximum atomic E-state index is 13.5. The molecule has 17 heavy (non-hydrogen) atoms. The first kappa shape index (κ1) is 12.8. The highest BCUT2D eigenvalue weighted by Gasteiger charge is 2.21. The van der Waals surface area contributed by atoms with E-state index in [0.29, 0.717) is 0 Å². The number of methoxy groups -OCH3 is 1. The highest BCUT2D eigenvalue weighted by Crippen LogP contribution is 2.24. The van der Waals surface area contributed by atoms with Gasteiger partial charge >= 0.3 is 5.97 Å². The van der Waals surface area contributed by atoms with Crippen molar-refractivity contribution in [2.75, 3.05) is 7.11 Å². The molecule has 0 heterocycles. The normalized spacial score (nSPS) is 10.5. The second-order valence-corrected chi connectivity index (χ2v) is 3.14. The van der Waals surface area contributed by atoms with Crippen molar-refractivity contribution in [3.8, 4) is 0 Å². The number of ether oxygens (including phenoxy) is 1. The van der Waals surface area contributed by atoms with E-state index in [0.717, 1.165) is 19.2 Å². The Morgan fingerprint density at radius 1 is 1.53 bits per heavy atom. The molecule has 1 aromatic rings. The molecule has 0 spiro atoms. The number of rotatable bonds is 3. The van der Waals surface area contributed by atoms with Crippen LogP contribution in [0.5, 0.6) is 0 Å². The lowest BCUT2D eigenvalue weighted by Crippen LogP contribution is -2.06. The van der Waals surface area contributed by atoms with E-state index in [1.165, 1.54) is 6.08 Å². The van der Waals surface area contributed by atoms with Crippen LogP contribution in [0.25, 0.3) is 6.08 Å². The first-order valence-electron chi connectivity index (χ1n) is 4.70. The maximum Gasteiger partial charge on any atom is 0.341 e. The van der Waals surface area contributed by atoms with Gasteiger partial charge in [-0.25, -0.2) is 9.18 Å². The molecule has 0 aliphatic rings. The molecule has 0 aromatic heterocycles. The van der Waals surface area contributed by atoms with Crippen LogP contribution in [0, 0.1) is 15.9 Å². The summed E-state index contributed by atoms with van der Waals surface area (Å²) >= 11 is 0. The molecule has 0 unspecified atom stereocenters. The van der Waals surface area contributed by atoms with Crippen LogP contribution in [-0.4, -0.2) is 18.0 Å². The van der Waals surface area contributed by atoms with E-state index in [1.807, 2.05) is 0 Å². The van der Waals surface area contributed by atoms with Crippen LogP contribution < -0.4 is 0 Å². The zero-order valence-corrected chi connectivity index (χ0v) is 9.27. The van der Waals surface area contributed by atoms with Crippen LogP contribution in [0.3, 0.4) is 0 Å². The third-order valence-corrected chi connectivity index (χ3v) is 2.06. The fourth-order valence-corrected chi connectivity index (χ4v) is 1.31. The lowest BCUT2D eigenvalue weighted by Gasteiger charge is -2.03. The van der Waals surface area contributed by atoms with Gasteiger partial charge in [0.25, 0.3) is 5.69 Å². The fraction of sp³-hybridized carbons (Fsp3) is 0.182. The van der Waals surface area contributed by atoms with E-state index in [2.05, 4.69) is 4.74 Å². The Morgan fingerprint density at radius 2 is 2.18 bits per heavy atom. The number of nitrogens with zero attached hydrogens (tertiary/aromatic N) is 1. The van der Waals surface area contributed by atoms with E-state index in [1.54, 1.807) is 13.0 Å². The molecule has 0 bridgehead atoms. The molecule has 0 aliphatic heterocycles. The van der Waals surface area contributed by atoms with Crippen LogP contribution in [-0.2, 0) is 4.74 Å². The summed E-state index contributed by atoms with van der Waals surface area (Å²) in [7, 11) is 1.08. The molecule has 0 saturated carbocycles. The van der Waals surface area contributed by atoms with Crippen molar-refractivity contribution in [2.24, 2.45) is 0 Å². The Balaban J connectivity index is 3.44. The molecule has 6 heteroatoms. The van der Waals surface area contributed by atoms with Gasteiger partial charge in [-0.05, 0) is 13.0 Å². The molecule has 0 radical (unpaired) electrons. The molecule has 0 amide bonds. The molecule has 0 fully saturated rings. The summed E-state index contributed by atoms with van der Waals surface area (Å²) in [5, 5.41) is 10.8. The van der Waals surface area contributed by atoms with Crippen molar-refractivity contribution >= 4 is 17.7 Å². The topological polar surface area (TPSA) is 69.4 Å². The van der Waals surface area contributed by atoms with E-state index >= 15 is 0 Å². The van der Waals surface area contributed by atoms with Gasteiger partial charge in [-0.3, -0.25) is 10.1 Å². The summed E-state index contributed by atoms with van der Waals surface area (Å²) in [4.78, 5) is 21.3. The quantitative estimate of drug-likeness (QED) is 0.461. The SMILES string of the molecule is C/C=C/c1cc(F)c(C(=O)OC)cc1[N+](=O)[O-]. The van der Waals surface area contributed by atoms with E-state index < -0.39 is 22.3 Å². The van der Waals surface area contributed by atoms with Gasteiger partial charge < -0.3 is 4.74 Å². The minimum atomic E-state index is -0.947. The lowest BCUT2D eigenvalue weighted by molar-refractivity contribution is -0.385. The summed E-state index contributed by atoms with van der Waals surface area (Å²) < 4.78 is 17.8. The van der Waals surface area contributed by atoms with Crippen LogP contribution >= 0.6 is 0 Å². The van der Waals surface area contributed by atoms with E-state index in [4.69, 9.17) is 0 Å². The largest absolute Gasteiger partial charge is 0.465 e. The average molecular weight is 239 g/mol. The highest BCUT2D eigenvalue weighted by atomic mass is 19.1. The summed E-state index contributed by atoms with van der Waals surface area (Å²) in [5.74, 6) is -1.80. The molecule has 90 valence electrons. The Bertz CT molecular complexity index is 496. The number of nitro benzene ring substituents is 1. The summed E-state index contributed by atoms with van der Waals surface area (Å²) in [5.41, 5.74) is -0.694. The van der Waals surface area contributed by atoms with Gasteiger partial charge in [0, 0.05) is 6.07 Å². The van der Waals surface area contributed by atoms with Crippen molar-refractivity contribution in [3.05, 3.63) is 45.3 Å². The van der Waals surface area contributed by atoms with Crippen LogP contribution in [0.2, 0.25) is 0 Å². The molecular formula is C11H10FNO4. The third kappa shape index (κ3) is 2.66. The van der Waals surface area contributed by atoms with Gasteiger partial charge in [0.1, 0.15) is 11.4 Å². The molecule has 0 saturated heterocycles. The minimum absolute atomic E-state index is 0.0997. The number of esters is 1. The number of benzene rings is 1. The summed E-state index contributed by atoms with van der Waals surface area (Å²) in [6.45, 7) is 1.65. The summed E-state index contributed by atoms with van der Waals surface area (Å²) in [6.07, 6.45) is 2.93. The second-order valence-electron chi connectivity index (χ2n) is 3.14. The first-order valence-corrected chi connectivity index (χ1v) is 4.70. The average Bonchev–Trinajstić information content (AvgIpc) is 2.28. The van der Waals surface area contributed by atoms with Gasteiger partial charge in [-0.2, -0.15) is 0 Å². The number of halogens is 1. The number of carbonyl (C=O) groups excluding carboxylic acids is 1. The number of hydrogen-bond acceptors (Lipinski definition) is 4. The highest BCUT2D eigenvalue weighted by molar-refractivity contribution is 5.91. The Labute approximate surface area is 96.7 Å². The van der Waals surface area contributed by atoms with Crippen molar-refractivity contribution in [1.82, 2.24) is 0 Å². The van der Waals surface area contributed by atoms with Crippen LogP contribution in [0.15, 0.2) is 18.2 Å². The second kappa shape index (κ2) is 5.20. The molecule has 0 aliphatic carbocycles. The number of carbonyl (C=O) groups is 1. The molecule has 5 nitrogen and oxygen atoms in total. The van der Waals surface area contributed by atoms with Gasteiger partial charge in [0.05, 0.1) is 17.6 Å². The van der Waals surface area contributed by atoms with Gasteiger partial charge in [-0.1, -0.05) is 12.2 Å². The summed E-state index contributed by atoms with van der Waals surface area (Å²) in [6, 6.07) is 1.81. The van der Waals surface area contributed by atoms with Crippen LogP contribution in [0.4, 0.5) is 10.1 Å². The lowest BCUT2D eigenvalue weighted by atomic mass is 10.1. The van der Waals surface area contributed by atoms with Crippen molar-refractivity contribution < 1.29 is 18.8 Å². The van der Waals surface area contributed by atoms with Gasteiger partial charge in [0.2, 0.25) is 0 Å². The van der Waals surface area contributed by atoms with E-state index in [-0.39, 0.29) is 11.3 Å². The predicted molar refractivity (Wildman–Crippen MR) is 59.1 cm³/mol. The molecule has 1 rings (SSSR count). The maximum absolute atomic E-state index is 13.5. The standard InChI is InChI=1S/C11H10FNO4/c1-3-4-7-5-9(12)8(11(14)17-2)6-10(7)13(15)16/h3-6H,1-2H3/b4-3+. The molecule has 0 N–H and O–H groups in total. The molecule has 1 aromatic carbocycles. The zero-order valence-electron chi connectivity index (χ0n) is 9.27. The first-order chi connectivity index (χ1) is 8.01. The monoisotopic (exact) mass is 239 g/mol. The Hall–Kier alpha value is -2.24.